The van der Waals surface area contributed by atoms with E-state index >= 15 is 0 Å². The summed E-state index contributed by atoms with van der Waals surface area (Å²) in [4.78, 5) is 14.9. The number of carbonyl (C=O) groups is 1. The Kier molecular flexibility index (Phi) is 2.81. The number of primary amides is 1. The van der Waals surface area contributed by atoms with E-state index in [0.717, 1.165) is 16.6 Å². The Morgan fingerprint density at radius 1 is 1.31 bits per heavy atom. The summed E-state index contributed by atoms with van der Waals surface area (Å²) < 4.78 is 12.9. The zero-order valence-electron chi connectivity index (χ0n) is 8.61. The zero-order valence-corrected chi connectivity index (χ0v) is 8.61. The van der Waals surface area contributed by atoms with Crippen molar-refractivity contribution in [1.82, 2.24) is 4.98 Å². The summed E-state index contributed by atoms with van der Waals surface area (Å²) in [7, 11) is 0. The molecule has 2 aromatic rings. The number of rotatable bonds is 3. The van der Waals surface area contributed by atoms with Crippen LogP contribution in [0.1, 0.15) is 12.1 Å². The number of aromatic nitrogens is 1. The summed E-state index contributed by atoms with van der Waals surface area (Å²) >= 11 is 0. The highest BCUT2D eigenvalue weighted by atomic mass is 19.1. The molecule has 2 rings (SSSR count). The Morgan fingerprint density at radius 3 is 2.88 bits per heavy atom. The monoisotopic (exact) mass is 218 g/mol. The Labute approximate surface area is 92.1 Å². The second-order valence-electron chi connectivity index (χ2n) is 3.61. The smallest absolute Gasteiger partial charge is 0.217 e. The molecule has 82 valence electrons. The predicted molar refractivity (Wildman–Crippen MR) is 59.2 cm³/mol. The van der Waals surface area contributed by atoms with Gasteiger partial charge >= 0.3 is 0 Å². The molecule has 0 aliphatic carbocycles. The Balaban J connectivity index is 2.30. The van der Waals surface area contributed by atoms with Crippen molar-refractivity contribution < 1.29 is 9.18 Å². The maximum absolute atomic E-state index is 12.9. The molecule has 0 bridgehead atoms. The van der Waals surface area contributed by atoms with Gasteiger partial charge in [0.25, 0.3) is 0 Å². The first-order valence-corrected chi connectivity index (χ1v) is 4.98. The first-order valence-electron chi connectivity index (χ1n) is 4.98. The molecular formula is C12H11FN2O. The Hall–Kier alpha value is -1.97. The molecule has 0 aliphatic rings. The van der Waals surface area contributed by atoms with Crippen molar-refractivity contribution >= 4 is 16.8 Å². The van der Waals surface area contributed by atoms with Gasteiger partial charge in [0.15, 0.2) is 0 Å². The number of nitrogens with zero attached hydrogens (tertiary/aromatic N) is 1. The van der Waals surface area contributed by atoms with Crippen molar-refractivity contribution in [1.29, 1.82) is 0 Å². The average Bonchev–Trinajstić information content (AvgIpc) is 2.26. The van der Waals surface area contributed by atoms with Crippen molar-refractivity contribution in [3.8, 4) is 0 Å². The Morgan fingerprint density at radius 2 is 2.12 bits per heavy atom. The van der Waals surface area contributed by atoms with Crippen LogP contribution in [0, 0.1) is 5.82 Å². The number of aryl methyl sites for hydroxylation is 1. The number of benzene rings is 1. The van der Waals surface area contributed by atoms with Crippen LogP contribution < -0.4 is 5.73 Å². The fraction of sp³-hybridized carbons (Fsp3) is 0.167. The third-order valence-corrected chi connectivity index (χ3v) is 2.34. The number of halogens is 1. The summed E-state index contributed by atoms with van der Waals surface area (Å²) in [6.45, 7) is 0. The molecule has 2 N–H and O–H groups in total. The first-order chi connectivity index (χ1) is 7.65. The lowest BCUT2D eigenvalue weighted by atomic mass is 10.1. The largest absolute Gasteiger partial charge is 0.370 e. The molecule has 0 spiro atoms. The van der Waals surface area contributed by atoms with Crippen LogP contribution >= 0.6 is 0 Å². The van der Waals surface area contributed by atoms with Crippen LogP contribution in [-0.2, 0) is 11.2 Å². The van der Waals surface area contributed by atoms with E-state index in [-0.39, 0.29) is 18.1 Å². The lowest BCUT2D eigenvalue weighted by Crippen LogP contribution is -2.11. The molecule has 0 atom stereocenters. The Bertz CT molecular complexity index is 540. The van der Waals surface area contributed by atoms with Gasteiger partial charge < -0.3 is 5.73 Å². The first kappa shape index (κ1) is 10.5. The molecule has 0 radical (unpaired) electrons. The number of hydrogen-bond donors (Lipinski definition) is 1. The van der Waals surface area contributed by atoms with Gasteiger partial charge in [-0.15, -0.1) is 0 Å². The van der Waals surface area contributed by atoms with Gasteiger partial charge in [0.05, 0.1) is 5.52 Å². The van der Waals surface area contributed by atoms with Gasteiger partial charge in [-0.2, -0.15) is 0 Å². The highest BCUT2D eigenvalue weighted by molar-refractivity contribution is 5.78. The van der Waals surface area contributed by atoms with Gasteiger partial charge in [0.2, 0.25) is 5.91 Å². The molecule has 4 heteroatoms. The summed E-state index contributed by atoms with van der Waals surface area (Å²) in [5.41, 5.74) is 6.57. The van der Waals surface area contributed by atoms with Crippen molar-refractivity contribution in [2.45, 2.75) is 12.8 Å². The van der Waals surface area contributed by atoms with E-state index < -0.39 is 0 Å². The second-order valence-corrected chi connectivity index (χ2v) is 3.61. The highest BCUT2D eigenvalue weighted by Crippen LogP contribution is 2.14. The van der Waals surface area contributed by atoms with Crippen LogP contribution in [0.4, 0.5) is 4.39 Å². The fourth-order valence-corrected chi connectivity index (χ4v) is 1.53. The van der Waals surface area contributed by atoms with Crippen LogP contribution in [-0.4, -0.2) is 10.9 Å². The number of pyridine rings is 1. The van der Waals surface area contributed by atoms with E-state index in [1.54, 1.807) is 18.2 Å². The maximum Gasteiger partial charge on any atom is 0.217 e. The van der Waals surface area contributed by atoms with E-state index in [9.17, 15) is 9.18 Å². The van der Waals surface area contributed by atoms with Gasteiger partial charge in [0.1, 0.15) is 5.82 Å². The van der Waals surface area contributed by atoms with Crippen LogP contribution in [0.2, 0.25) is 0 Å². The van der Waals surface area contributed by atoms with Gasteiger partial charge in [-0.1, -0.05) is 6.07 Å². The minimum Gasteiger partial charge on any atom is -0.370 e. The fourth-order valence-electron chi connectivity index (χ4n) is 1.53. The molecule has 0 saturated heterocycles. The number of hydrogen-bond acceptors (Lipinski definition) is 2. The van der Waals surface area contributed by atoms with Crippen molar-refractivity contribution in [2.24, 2.45) is 5.73 Å². The predicted octanol–water partition coefficient (Wildman–Crippen LogP) is 1.79. The summed E-state index contributed by atoms with van der Waals surface area (Å²) in [6, 6.07) is 8.00. The molecule has 1 amide bonds. The highest BCUT2D eigenvalue weighted by Gasteiger charge is 2.01. The maximum atomic E-state index is 12.9. The molecule has 0 aliphatic heterocycles. The van der Waals surface area contributed by atoms with E-state index in [0.29, 0.717) is 6.42 Å². The van der Waals surface area contributed by atoms with Crippen molar-refractivity contribution in [2.75, 3.05) is 0 Å². The van der Waals surface area contributed by atoms with Crippen molar-refractivity contribution in [3.63, 3.8) is 0 Å². The SMILES string of the molecule is NC(=O)CCc1ccc2cc(F)ccc2n1. The van der Waals surface area contributed by atoms with Crippen LogP contribution in [0.3, 0.4) is 0 Å². The van der Waals surface area contributed by atoms with Gasteiger partial charge in [-0.3, -0.25) is 9.78 Å². The summed E-state index contributed by atoms with van der Waals surface area (Å²) in [5.74, 6) is -0.625. The molecule has 0 fully saturated rings. The molecule has 1 heterocycles. The minimum absolute atomic E-state index is 0.277. The van der Waals surface area contributed by atoms with Gasteiger partial charge in [0, 0.05) is 17.5 Å². The van der Waals surface area contributed by atoms with E-state index in [1.807, 2.05) is 0 Å². The van der Waals surface area contributed by atoms with Gasteiger partial charge in [-0.05, 0) is 30.7 Å². The normalized spacial score (nSPS) is 10.6. The number of fused-ring (bicyclic) bond motifs is 1. The zero-order chi connectivity index (χ0) is 11.5. The average molecular weight is 218 g/mol. The second kappa shape index (κ2) is 4.26. The molecule has 1 aromatic heterocycles. The van der Waals surface area contributed by atoms with E-state index in [2.05, 4.69) is 4.98 Å². The van der Waals surface area contributed by atoms with Gasteiger partial charge in [-0.25, -0.2) is 4.39 Å². The van der Waals surface area contributed by atoms with E-state index in [1.165, 1.54) is 12.1 Å². The number of nitrogens with two attached hydrogens (primary N) is 1. The lowest BCUT2D eigenvalue weighted by Gasteiger charge is -2.01. The third kappa shape index (κ3) is 2.34. The van der Waals surface area contributed by atoms with Crippen LogP contribution in [0.15, 0.2) is 30.3 Å². The molecular weight excluding hydrogens is 207 g/mol. The lowest BCUT2D eigenvalue weighted by molar-refractivity contribution is -0.118. The van der Waals surface area contributed by atoms with Crippen LogP contribution in [0.5, 0.6) is 0 Å². The molecule has 1 aromatic carbocycles. The number of amides is 1. The molecule has 3 nitrogen and oxygen atoms in total. The molecule has 0 unspecified atom stereocenters. The minimum atomic E-state index is -0.346. The van der Waals surface area contributed by atoms with E-state index in [4.69, 9.17) is 5.73 Å². The summed E-state index contributed by atoms with van der Waals surface area (Å²) in [6.07, 6.45) is 0.794. The van der Waals surface area contributed by atoms with Crippen molar-refractivity contribution in [3.05, 3.63) is 41.8 Å². The standard InChI is InChI=1S/C12H11FN2O/c13-9-2-5-11-8(7-9)1-3-10(15-11)4-6-12(14)16/h1-3,5,7H,4,6H2,(H2,14,16). The number of carbonyl (C=O) groups excluding carboxylic acids is 1. The topological polar surface area (TPSA) is 56.0 Å². The molecule has 16 heavy (non-hydrogen) atoms. The quantitative estimate of drug-likeness (QED) is 0.853. The summed E-state index contributed by atoms with van der Waals surface area (Å²) in [5, 5.41) is 0.753. The van der Waals surface area contributed by atoms with Crippen LogP contribution in [0.25, 0.3) is 10.9 Å². The third-order valence-electron chi connectivity index (χ3n) is 2.34. The molecule has 0 saturated carbocycles.